The van der Waals surface area contributed by atoms with E-state index in [0.29, 0.717) is 48.3 Å². The molecule has 0 unspecified atom stereocenters. The second-order valence-electron chi connectivity index (χ2n) is 13.3. The number of carbonyl (C=O) groups excluding carboxylic acids is 2. The summed E-state index contributed by atoms with van der Waals surface area (Å²) in [6, 6.07) is 24.7. The van der Waals surface area contributed by atoms with Crippen molar-refractivity contribution >= 4 is 28.7 Å². The van der Waals surface area contributed by atoms with Crippen LogP contribution >= 0.6 is 0 Å². The molecule has 55 heavy (non-hydrogen) atoms. The maximum Gasteiger partial charge on any atom is 0.345 e. The largest absolute Gasteiger partial charge is 0.506 e. The van der Waals surface area contributed by atoms with Crippen molar-refractivity contribution in [3.05, 3.63) is 135 Å². The van der Waals surface area contributed by atoms with E-state index in [0.717, 1.165) is 5.56 Å². The number of carboxylic acid groups (broad SMARTS) is 1. The summed E-state index contributed by atoms with van der Waals surface area (Å²) in [7, 11) is 0. The number of fused-ring (bicyclic) bond motifs is 1. The number of hydrogen-bond acceptors (Lipinski definition) is 10. The SMILES string of the molecule is CCOc1cc(C(=O)NC2CC(NC(=O)COc3cccc([C@](O)(C(=O)O)c4ccccc4)c3)C2)ccc1CNC[C@H](O)c1ccc(O)c2[nH]c(=O)ccc12. The number of phenols is 1. The van der Waals surface area contributed by atoms with Crippen LogP contribution in [0.5, 0.6) is 17.2 Å². The van der Waals surface area contributed by atoms with Gasteiger partial charge in [0.25, 0.3) is 11.8 Å². The van der Waals surface area contributed by atoms with Gasteiger partial charge in [0.05, 0.1) is 18.2 Å². The van der Waals surface area contributed by atoms with E-state index in [-0.39, 0.29) is 70.8 Å². The Morgan fingerprint density at radius 1 is 0.891 bits per heavy atom. The van der Waals surface area contributed by atoms with Crippen LogP contribution in [0.25, 0.3) is 10.9 Å². The third-order valence-electron chi connectivity index (χ3n) is 9.51. The number of aliphatic hydroxyl groups excluding tert-OH is 1. The van der Waals surface area contributed by atoms with Crippen LogP contribution in [0, 0.1) is 0 Å². The number of carbonyl (C=O) groups is 3. The number of ether oxygens (including phenoxy) is 2. The fourth-order valence-electron chi connectivity index (χ4n) is 6.58. The monoisotopic (exact) mass is 750 g/mol. The standard InChI is InChI=1S/C41H42N4O10/c1-2-54-35-17-24(11-12-25(35)21-42-22-34(47)31-13-15-33(46)38-32(31)14-16-36(48)45-38)39(50)44-29-19-28(20-29)43-37(49)23-55-30-10-6-9-27(18-30)41(53,40(51)52)26-7-4-3-5-8-26/h3-18,28-29,34,42,46-47,53H,2,19-23H2,1H3,(H,43,49)(H,44,50)(H,45,48)(H,51,52)/t28?,29?,34-,41-/m0/s1. The van der Waals surface area contributed by atoms with E-state index in [9.17, 15) is 39.6 Å². The highest BCUT2D eigenvalue weighted by atomic mass is 16.5. The van der Waals surface area contributed by atoms with Gasteiger partial charge in [-0.2, -0.15) is 0 Å². The molecule has 1 fully saturated rings. The van der Waals surface area contributed by atoms with Gasteiger partial charge in [0.15, 0.2) is 6.61 Å². The van der Waals surface area contributed by atoms with Gasteiger partial charge in [0, 0.05) is 53.3 Å². The second-order valence-corrected chi connectivity index (χ2v) is 13.3. The molecular weight excluding hydrogens is 708 g/mol. The van der Waals surface area contributed by atoms with Gasteiger partial charge in [-0.25, -0.2) is 4.79 Å². The van der Waals surface area contributed by atoms with E-state index in [1.165, 1.54) is 36.4 Å². The summed E-state index contributed by atoms with van der Waals surface area (Å²) >= 11 is 0. The number of H-pyrrole nitrogens is 1. The second kappa shape index (κ2) is 16.8. The summed E-state index contributed by atoms with van der Waals surface area (Å²) < 4.78 is 11.4. The molecule has 1 aliphatic rings. The summed E-state index contributed by atoms with van der Waals surface area (Å²) in [5, 5.41) is 51.6. The van der Waals surface area contributed by atoms with Crippen molar-refractivity contribution in [1.82, 2.24) is 20.9 Å². The molecule has 1 aromatic heterocycles. The maximum absolute atomic E-state index is 13.1. The number of aliphatic hydroxyl groups is 2. The number of rotatable bonds is 16. The average molecular weight is 751 g/mol. The predicted octanol–water partition coefficient (Wildman–Crippen LogP) is 3.23. The lowest BCUT2D eigenvalue weighted by molar-refractivity contribution is -0.155. The minimum atomic E-state index is -2.30. The van der Waals surface area contributed by atoms with Gasteiger partial charge < -0.3 is 50.8 Å². The van der Waals surface area contributed by atoms with Gasteiger partial charge in [-0.3, -0.25) is 14.4 Å². The molecule has 2 atom stereocenters. The number of amides is 2. The molecule has 4 aromatic carbocycles. The first-order valence-electron chi connectivity index (χ1n) is 17.8. The minimum Gasteiger partial charge on any atom is -0.506 e. The molecule has 0 aliphatic heterocycles. The van der Waals surface area contributed by atoms with Crippen LogP contribution in [-0.4, -0.2) is 75.0 Å². The van der Waals surface area contributed by atoms with Crippen LogP contribution in [0.4, 0.5) is 0 Å². The molecule has 0 spiro atoms. The zero-order valence-electron chi connectivity index (χ0n) is 30.0. The lowest BCUT2D eigenvalue weighted by Gasteiger charge is -2.36. The highest BCUT2D eigenvalue weighted by molar-refractivity contribution is 5.95. The van der Waals surface area contributed by atoms with Crippen molar-refractivity contribution in [2.45, 2.75) is 50.1 Å². The number of aromatic hydroxyl groups is 1. The summed E-state index contributed by atoms with van der Waals surface area (Å²) in [5.74, 6) is -1.48. The van der Waals surface area contributed by atoms with E-state index in [1.807, 2.05) is 6.92 Å². The summed E-state index contributed by atoms with van der Waals surface area (Å²) in [6.07, 6.45) is 0.0962. The highest BCUT2D eigenvalue weighted by Gasteiger charge is 2.40. The van der Waals surface area contributed by atoms with E-state index >= 15 is 0 Å². The lowest BCUT2D eigenvalue weighted by atomic mass is 9.86. The fourth-order valence-corrected chi connectivity index (χ4v) is 6.58. The molecule has 1 saturated carbocycles. The number of aromatic amines is 1. The Labute approximate surface area is 315 Å². The maximum atomic E-state index is 13.1. The van der Waals surface area contributed by atoms with Crippen molar-refractivity contribution in [3.63, 3.8) is 0 Å². The molecule has 14 nitrogen and oxygen atoms in total. The van der Waals surface area contributed by atoms with Crippen LogP contribution in [0.15, 0.2) is 102 Å². The number of carboxylic acids is 1. The van der Waals surface area contributed by atoms with E-state index in [2.05, 4.69) is 20.9 Å². The molecular formula is C41H42N4O10. The first kappa shape index (κ1) is 38.5. The zero-order chi connectivity index (χ0) is 39.1. The normalized spacial score (nSPS) is 16.6. The number of nitrogens with one attached hydrogen (secondary N) is 4. The Morgan fingerprint density at radius 3 is 2.38 bits per heavy atom. The fraction of sp³-hybridized carbons (Fsp3) is 0.268. The molecule has 5 aromatic rings. The number of aliphatic carboxylic acids is 1. The Hall–Kier alpha value is -6.22. The van der Waals surface area contributed by atoms with Gasteiger partial charge in [-0.05, 0) is 67.3 Å². The van der Waals surface area contributed by atoms with Crippen molar-refractivity contribution in [1.29, 1.82) is 0 Å². The molecule has 0 radical (unpaired) electrons. The number of benzene rings is 4. The number of hydrogen-bond donors (Lipinski definition) is 8. The molecule has 286 valence electrons. The van der Waals surface area contributed by atoms with Crippen molar-refractivity contribution in [3.8, 4) is 17.2 Å². The summed E-state index contributed by atoms with van der Waals surface area (Å²) in [6.45, 7) is 2.37. The average Bonchev–Trinajstić information content (AvgIpc) is 3.17. The number of phenolic OH excluding ortho intramolecular Hbond substituents is 1. The van der Waals surface area contributed by atoms with Crippen LogP contribution in [0.3, 0.4) is 0 Å². The lowest BCUT2D eigenvalue weighted by Crippen LogP contribution is -2.54. The third-order valence-corrected chi connectivity index (χ3v) is 9.51. The third kappa shape index (κ3) is 8.78. The molecule has 0 saturated heterocycles. The minimum absolute atomic E-state index is 0.0817. The number of aromatic nitrogens is 1. The highest BCUT2D eigenvalue weighted by Crippen LogP contribution is 2.33. The van der Waals surface area contributed by atoms with E-state index < -0.39 is 17.7 Å². The van der Waals surface area contributed by atoms with Gasteiger partial charge in [0.1, 0.15) is 17.2 Å². The van der Waals surface area contributed by atoms with E-state index in [4.69, 9.17) is 9.47 Å². The predicted molar refractivity (Wildman–Crippen MR) is 202 cm³/mol. The van der Waals surface area contributed by atoms with Gasteiger partial charge >= 0.3 is 5.97 Å². The van der Waals surface area contributed by atoms with Gasteiger partial charge in [-0.15, -0.1) is 0 Å². The Morgan fingerprint density at radius 2 is 1.64 bits per heavy atom. The smallest absolute Gasteiger partial charge is 0.345 e. The van der Waals surface area contributed by atoms with Crippen molar-refractivity contribution in [2.75, 3.05) is 19.8 Å². The first-order valence-corrected chi connectivity index (χ1v) is 17.8. The van der Waals surface area contributed by atoms with Crippen LogP contribution in [0.2, 0.25) is 0 Å². The topological polar surface area (TPSA) is 220 Å². The van der Waals surface area contributed by atoms with Crippen molar-refractivity contribution < 1.29 is 44.3 Å². The molecule has 1 heterocycles. The van der Waals surface area contributed by atoms with Crippen LogP contribution in [-0.2, 0) is 21.7 Å². The Kier molecular flexibility index (Phi) is 11.8. The molecule has 0 bridgehead atoms. The van der Waals surface area contributed by atoms with E-state index in [1.54, 1.807) is 60.7 Å². The zero-order valence-corrected chi connectivity index (χ0v) is 30.0. The molecule has 14 heteroatoms. The van der Waals surface area contributed by atoms with Crippen LogP contribution < -0.4 is 31.0 Å². The Bertz CT molecular complexity index is 2240. The van der Waals surface area contributed by atoms with Gasteiger partial charge in [0.2, 0.25) is 11.2 Å². The molecule has 1 aliphatic carbocycles. The molecule has 8 N–H and O–H groups in total. The quantitative estimate of drug-likeness (QED) is 0.0732. The molecule has 2 amide bonds. The number of pyridine rings is 1. The summed E-state index contributed by atoms with van der Waals surface area (Å²) in [4.78, 5) is 52.2. The Balaban J connectivity index is 0.967. The van der Waals surface area contributed by atoms with Gasteiger partial charge in [-0.1, -0.05) is 54.6 Å². The summed E-state index contributed by atoms with van der Waals surface area (Å²) in [5.41, 5.74) is -0.429. The van der Waals surface area contributed by atoms with Crippen LogP contribution in [0.1, 0.15) is 58.5 Å². The molecule has 6 rings (SSSR count). The first-order chi connectivity index (χ1) is 26.5. The van der Waals surface area contributed by atoms with Crippen molar-refractivity contribution in [2.24, 2.45) is 0 Å².